The second-order valence-corrected chi connectivity index (χ2v) is 17.8. The average Bonchev–Trinajstić information content (AvgIpc) is 4.07. The van der Waals surface area contributed by atoms with Crippen molar-refractivity contribution in [2.75, 3.05) is 41.0 Å². The number of likely N-dealkylation sites (tertiary alicyclic amines) is 2. The van der Waals surface area contributed by atoms with Gasteiger partial charge in [0.25, 0.3) is 0 Å². The summed E-state index contributed by atoms with van der Waals surface area (Å²) >= 11 is 0. The van der Waals surface area contributed by atoms with Crippen molar-refractivity contribution in [2.24, 2.45) is 11.8 Å². The first-order valence-electron chi connectivity index (χ1n) is 22.0. The van der Waals surface area contributed by atoms with E-state index in [4.69, 9.17) is 43.1 Å². The van der Waals surface area contributed by atoms with Crippen molar-refractivity contribution in [3.63, 3.8) is 0 Å². The number of amides is 2. The number of carbonyl (C=O) groups excluding carboxylic acids is 2. The normalized spacial score (nSPS) is 24.0. The highest BCUT2D eigenvalue weighted by molar-refractivity contribution is 6.07. The molecule has 17 heteroatoms. The molecule has 0 bridgehead atoms. The minimum absolute atomic E-state index is 0.0250. The minimum atomic E-state index is -0.688. The van der Waals surface area contributed by atoms with Crippen LogP contribution in [-0.2, 0) is 44.6 Å². The highest BCUT2D eigenvalue weighted by atomic mass is 16.9. The van der Waals surface area contributed by atoms with Crippen LogP contribution in [-0.4, -0.2) is 120 Å². The van der Waals surface area contributed by atoms with Crippen LogP contribution in [0.15, 0.2) is 48.7 Å². The first kappa shape index (κ1) is 42.0. The van der Waals surface area contributed by atoms with Gasteiger partial charge in [-0.2, -0.15) is 0 Å². The Hall–Kier alpha value is -4.98. The number of hydrogen-bond donors (Lipinski definition) is 4. The van der Waals surface area contributed by atoms with E-state index in [1.165, 1.54) is 0 Å². The molecule has 0 aliphatic carbocycles. The highest BCUT2D eigenvalue weighted by Gasteiger charge is 2.44. The Morgan fingerprint density at radius 3 is 2.38 bits per heavy atom. The van der Waals surface area contributed by atoms with E-state index in [1.807, 2.05) is 42.8 Å². The number of nitrogens with one attached hydrogen (secondary N) is 4. The van der Waals surface area contributed by atoms with Gasteiger partial charge >= 0.3 is 0 Å². The van der Waals surface area contributed by atoms with Gasteiger partial charge in [0.2, 0.25) is 24.6 Å². The first-order chi connectivity index (χ1) is 30.6. The summed E-state index contributed by atoms with van der Waals surface area (Å²) < 4.78 is 39.3. The van der Waals surface area contributed by atoms with Gasteiger partial charge in [-0.15, -0.1) is 0 Å². The molecular formula is C46H56N8O9. The summed E-state index contributed by atoms with van der Waals surface area (Å²) in [6.07, 6.45) is 2.61. The van der Waals surface area contributed by atoms with E-state index in [0.717, 1.165) is 80.0 Å². The third-order valence-electron chi connectivity index (χ3n) is 13.5. The second-order valence-electron chi connectivity index (χ2n) is 17.8. The standard InChI is InChI=1S/C46H56N8O9/c1-23(2)38(51-45-60-21-61-45)44(56)54-24(3)7-12-35(54)41-47-17-34(49-41)28-8-10-30-29(14-28)20-59-37-16-31-27(15-32(30)37)9-11-33-40(31)50-42(48-33)36-13-26(19-57-5)18-53(36)43(55)39(25(4)58-6)52-46-62-22-63-46/h8-11,14-17,23-26,35-36,38-39,45-46,51-52H,7,12-13,18-22H2,1-6H3,(H,47,49)(H,48,50)/t24-,25+,26-,35-,36-,38-,39-/m0/s1. The fraction of sp³-hybridized carbons (Fsp3) is 0.522. The maximum absolute atomic E-state index is 14.3. The van der Waals surface area contributed by atoms with Crippen LogP contribution in [0.25, 0.3) is 44.2 Å². The molecule has 3 aromatic carbocycles. The van der Waals surface area contributed by atoms with Gasteiger partial charge in [-0.3, -0.25) is 20.2 Å². The largest absolute Gasteiger partial charge is 0.488 e. The van der Waals surface area contributed by atoms with E-state index in [2.05, 4.69) is 63.9 Å². The molecule has 2 amide bonds. The minimum Gasteiger partial charge on any atom is -0.488 e. The summed E-state index contributed by atoms with van der Waals surface area (Å²) in [5.41, 5.74) is 6.76. The van der Waals surface area contributed by atoms with Crippen LogP contribution >= 0.6 is 0 Å². The lowest BCUT2D eigenvalue weighted by Crippen LogP contribution is -2.58. The van der Waals surface area contributed by atoms with Crippen LogP contribution in [0.3, 0.4) is 0 Å². The maximum Gasteiger partial charge on any atom is 0.243 e. The number of H-pyrrole nitrogens is 2. The highest BCUT2D eigenvalue weighted by Crippen LogP contribution is 2.44. The number of ether oxygens (including phenoxy) is 7. The molecule has 7 heterocycles. The fourth-order valence-electron chi connectivity index (χ4n) is 9.89. The van der Waals surface area contributed by atoms with Gasteiger partial charge in [-0.1, -0.05) is 32.0 Å². The molecule has 0 radical (unpaired) electrons. The van der Waals surface area contributed by atoms with Crippen molar-refractivity contribution < 1.29 is 42.7 Å². The Bertz CT molecular complexity index is 2500. The van der Waals surface area contributed by atoms with Gasteiger partial charge in [-0.05, 0) is 85.4 Å². The smallest absolute Gasteiger partial charge is 0.243 e. The van der Waals surface area contributed by atoms with Gasteiger partial charge < -0.3 is 52.9 Å². The lowest BCUT2D eigenvalue weighted by atomic mass is 9.92. The molecule has 334 valence electrons. The first-order valence-corrected chi connectivity index (χ1v) is 22.0. The van der Waals surface area contributed by atoms with Crippen LogP contribution < -0.4 is 15.4 Å². The number of aromatic nitrogens is 4. The number of aromatic amines is 2. The van der Waals surface area contributed by atoms with Gasteiger partial charge in [0.05, 0.1) is 53.8 Å². The summed E-state index contributed by atoms with van der Waals surface area (Å²) in [6, 6.07) is 13.3. The van der Waals surface area contributed by atoms with Crippen LogP contribution in [0.5, 0.6) is 5.75 Å². The van der Waals surface area contributed by atoms with Crippen molar-refractivity contribution in [1.82, 2.24) is 40.4 Å². The number of carbonyl (C=O) groups is 2. The number of imidazole rings is 2. The Morgan fingerprint density at radius 2 is 1.67 bits per heavy atom. The Labute approximate surface area is 365 Å². The predicted molar refractivity (Wildman–Crippen MR) is 230 cm³/mol. The third kappa shape index (κ3) is 7.77. The lowest BCUT2D eigenvalue weighted by molar-refractivity contribution is -0.336. The molecule has 5 aliphatic rings. The Balaban J connectivity index is 0.901. The molecule has 17 nitrogen and oxygen atoms in total. The molecule has 0 saturated carbocycles. The molecule has 10 rings (SSSR count). The van der Waals surface area contributed by atoms with Gasteiger partial charge in [0, 0.05) is 43.7 Å². The quantitative estimate of drug-likeness (QED) is 0.111. The molecular weight excluding hydrogens is 809 g/mol. The van der Waals surface area contributed by atoms with E-state index in [0.29, 0.717) is 26.2 Å². The number of methoxy groups -OCH3 is 2. The molecule has 63 heavy (non-hydrogen) atoms. The summed E-state index contributed by atoms with van der Waals surface area (Å²) in [7, 11) is 3.27. The summed E-state index contributed by atoms with van der Waals surface area (Å²) in [5.74, 6) is 2.37. The molecule has 4 fully saturated rings. The van der Waals surface area contributed by atoms with E-state index < -0.39 is 31.0 Å². The predicted octanol–water partition coefficient (Wildman–Crippen LogP) is 5.44. The van der Waals surface area contributed by atoms with Crippen molar-refractivity contribution in [2.45, 2.75) is 103 Å². The topological polar surface area (TPSA) is 187 Å². The lowest BCUT2D eigenvalue weighted by Gasteiger charge is -2.37. The monoisotopic (exact) mass is 864 g/mol. The van der Waals surface area contributed by atoms with E-state index in [1.54, 1.807) is 14.2 Å². The van der Waals surface area contributed by atoms with Crippen molar-refractivity contribution in [3.05, 3.63) is 65.9 Å². The Morgan fingerprint density at radius 1 is 0.889 bits per heavy atom. The van der Waals surface area contributed by atoms with Crippen LogP contribution in [0.2, 0.25) is 0 Å². The van der Waals surface area contributed by atoms with Crippen LogP contribution in [0, 0.1) is 11.8 Å². The van der Waals surface area contributed by atoms with Crippen LogP contribution in [0.1, 0.15) is 76.3 Å². The molecule has 4 saturated heterocycles. The van der Waals surface area contributed by atoms with Gasteiger partial charge in [-0.25, -0.2) is 9.97 Å². The van der Waals surface area contributed by atoms with Crippen molar-refractivity contribution in [1.29, 1.82) is 0 Å². The molecule has 2 aromatic heterocycles. The summed E-state index contributed by atoms with van der Waals surface area (Å²) in [4.78, 5) is 49.2. The van der Waals surface area contributed by atoms with E-state index in [-0.39, 0.29) is 55.4 Å². The number of benzene rings is 3. The molecule has 5 aliphatic heterocycles. The van der Waals surface area contributed by atoms with Crippen LogP contribution in [0.4, 0.5) is 0 Å². The Kier molecular flexibility index (Phi) is 11.5. The number of nitrogens with zero attached hydrogens (tertiary/aromatic N) is 4. The number of rotatable bonds is 14. The van der Waals surface area contributed by atoms with Gasteiger partial charge in [0.1, 0.15) is 30.0 Å². The zero-order valence-electron chi connectivity index (χ0n) is 36.5. The molecule has 0 spiro atoms. The maximum atomic E-state index is 14.3. The summed E-state index contributed by atoms with van der Waals surface area (Å²) in [5, 5.41) is 8.43. The molecule has 4 N–H and O–H groups in total. The molecule has 7 atom stereocenters. The van der Waals surface area contributed by atoms with E-state index >= 15 is 0 Å². The van der Waals surface area contributed by atoms with Crippen molar-refractivity contribution in [3.8, 4) is 28.1 Å². The second kappa shape index (κ2) is 17.2. The number of fused-ring (bicyclic) bond motifs is 6. The zero-order chi connectivity index (χ0) is 43.5. The SMILES string of the molecule is COC[C@H]1C[C@@H](c2nc3ccc4cc5c(cc4c3[nH]2)OCc2cc(-c3cnc([C@@H]4CC[C@H](C)N4C(=O)[C@@H](NC4OCO4)C(C)C)[nH]3)ccc2-5)N(C(=O)[C@@H](NC2OCO2)[C@@H](C)OC)C1. The van der Waals surface area contributed by atoms with Gasteiger partial charge in [0.15, 0.2) is 13.6 Å². The van der Waals surface area contributed by atoms with E-state index in [9.17, 15) is 9.59 Å². The zero-order valence-corrected chi connectivity index (χ0v) is 36.5. The molecule has 0 unspecified atom stereocenters. The van der Waals surface area contributed by atoms with Crippen molar-refractivity contribution >= 4 is 33.6 Å². The average molecular weight is 865 g/mol. The number of hydrogen-bond acceptors (Lipinski definition) is 13. The summed E-state index contributed by atoms with van der Waals surface area (Å²) in [6.45, 7) is 9.87. The molecule has 5 aromatic rings. The third-order valence-corrected chi connectivity index (χ3v) is 13.5. The fourth-order valence-corrected chi connectivity index (χ4v) is 9.89.